The topological polar surface area (TPSA) is 51.2 Å². The molecule has 0 aliphatic heterocycles. The maximum absolute atomic E-state index is 5.34. The van der Waals surface area contributed by atoms with E-state index in [-0.39, 0.29) is 5.11 Å². The van der Waals surface area contributed by atoms with Crippen molar-refractivity contribution in [3.8, 4) is 0 Å². The van der Waals surface area contributed by atoms with Gasteiger partial charge in [-0.1, -0.05) is 0 Å². The van der Waals surface area contributed by atoms with Crippen LogP contribution in [0.2, 0.25) is 0 Å². The molecule has 1 heterocycles. The third-order valence-corrected chi connectivity index (χ3v) is 1.82. The summed E-state index contributed by atoms with van der Waals surface area (Å²) in [6.45, 7) is 0. The summed E-state index contributed by atoms with van der Waals surface area (Å²) in [5.74, 6) is 0. The molecule has 0 saturated heterocycles. The van der Waals surface area contributed by atoms with E-state index >= 15 is 0 Å². The van der Waals surface area contributed by atoms with Crippen molar-refractivity contribution in [1.29, 1.82) is 0 Å². The molecule has 3 N–H and O–H groups in total. The summed E-state index contributed by atoms with van der Waals surface area (Å²) in [4.78, 5) is 0. The normalized spacial score (nSPS) is 10.2. The van der Waals surface area contributed by atoms with E-state index in [0.29, 0.717) is 0 Å². The zero-order valence-corrected chi connectivity index (χ0v) is 7.60. The molecule has 0 radical (unpaired) electrons. The molecule has 0 fully saturated rings. The Morgan fingerprint density at radius 1 is 1.38 bits per heavy atom. The van der Waals surface area contributed by atoms with Crippen molar-refractivity contribution in [3.05, 3.63) is 30.5 Å². The van der Waals surface area contributed by atoms with Crippen LogP contribution in [-0.2, 0) is 0 Å². The van der Waals surface area contributed by atoms with E-state index in [9.17, 15) is 0 Å². The van der Waals surface area contributed by atoms with Crippen molar-refractivity contribution < 1.29 is 4.42 Å². The van der Waals surface area contributed by atoms with E-state index in [4.69, 9.17) is 22.4 Å². The average molecular weight is 192 g/mol. The predicted octanol–water partition coefficient (Wildman–Crippen LogP) is 2.09. The Morgan fingerprint density at radius 3 is 3.00 bits per heavy atom. The molecule has 0 saturated carbocycles. The van der Waals surface area contributed by atoms with Gasteiger partial charge in [-0.05, 0) is 36.5 Å². The lowest BCUT2D eigenvalue weighted by Crippen LogP contribution is -2.18. The van der Waals surface area contributed by atoms with Gasteiger partial charge in [-0.25, -0.2) is 0 Å². The van der Waals surface area contributed by atoms with Gasteiger partial charge in [-0.2, -0.15) is 0 Å². The predicted molar refractivity (Wildman–Crippen MR) is 56.6 cm³/mol. The minimum absolute atomic E-state index is 0.267. The van der Waals surface area contributed by atoms with Gasteiger partial charge in [0, 0.05) is 11.1 Å². The molecule has 66 valence electrons. The summed E-state index contributed by atoms with van der Waals surface area (Å²) >= 11 is 4.72. The Bertz CT molecular complexity index is 450. The fourth-order valence-electron chi connectivity index (χ4n) is 1.19. The van der Waals surface area contributed by atoms with Crippen LogP contribution < -0.4 is 11.1 Å². The van der Waals surface area contributed by atoms with Gasteiger partial charge in [0.05, 0.1) is 6.26 Å². The van der Waals surface area contributed by atoms with E-state index in [1.54, 1.807) is 6.26 Å². The average Bonchev–Trinajstić information content (AvgIpc) is 2.49. The fraction of sp³-hybridized carbons (Fsp3) is 0. The first-order chi connectivity index (χ1) is 6.25. The highest BCUT2D eigenvalue weighted by atomic mass is 32.1. The highest BCUT2D eigenvalue weighted by molar-refractivity contribution is 7.80. The van der Waals surface area contributed by atoms with Crippen molar-refractivity contribution in [2.75, 3.05) is 5.32 Å². The number of nitrogens with two attached hydrogens (primary N) is 1. The second-order valence-electron chi connectivity index (χ2n) is 2.66. The minimum Gasteiger partial charge on any atom is -0.464 e. The Labute approximate surface area is 80.5 Å². The highest BCUT2D eigenvalue weighted by Gasteiger charge is 1.98. The molecule has 0 spiro atoms. The number of fused-ring (bicyclic) bond motifs is 1. The van der Waals surface area contributed by atoms with Crippen LogP contribution in [0.1, 0.15) is 0 Å². The number of nitrogens with one attached hydrogen (secondary N) is 1. The smallest absolute Gasteiger partial charge is 0.168 e. The van der Waals surface area contributed by atoms with Crippen molar-refractivity contribution in [3.63, 3.8) is 0 Å². The third-order valence-electron chi connectivity index (χ3n) is 1.72. The summed E-state index contributed by atoms with van der Waals surface area (Å²) in [5, 5.41) is 4.15. The zero-order valence-electron chi connectivity index (χ0n) is 6.78. The summed E-state index contributed by atoms with van der Waals surface area (Å²) in [7, 11) is 0. The molecule has 0 aliphatic carbocycles. The molecule has 13 heavy (non-hydrogen) atoms. The molecule has 0 amide bonds. The van der Waals surface area contributed by atoms with Gasteiger partial charge in [0.2, 0.25) is 0 Å². The van der Waals surface area contributed by atoms with Crippen LogP contribution in [-0.4, -0.2) is 5.11 Å². The van der Waals surface area contributed by atoms with E-state index in [2.05, 4.69) is 5.32 Å². The number of hydrogen-bond acceptors (Lipinski definition) is 2. The van der Waals surface area contributed by atoms with E-state index in [1.165, 1.54) is 0 Å². The SMILES string of the molecule is NC(=S)Nc1ccc2occc2c1. The summed E-state index contributed by atoms with van der Waals surface area (Å²) in [5.41, 5.74) is 7.07. The molecular formula is C9H8N2OS. The summed E-state index contributed by atoms with van der Waals surface area (Å²) < 4.78 is 5.19. The van der Waals surface area contributed by atoms with Crippen LogP contribution in [0.15, 0.2) is 34.9 Å². The third kappa shape index (κ3) is 1.62. The van der Waals surface area contributed by atoms with Gasteiger partial charge < -0.3 is 15.5 Å². The second kappa shape index (κ2) is 3.06. The van der Waals surface area contributed by atoms with Crippen LogP contribution in [0.5, 0.6) is 0 Å². The largest absolute Gasteiger partial charge is 0.464 e. The second-order valence-corrected chi connectivity index (χ2v) is 3.10. The summed E-state index contributed by atoms with van der Waals surface area (Å²) in [6.07, 6.45) is 1.65. The highest BCUT2D eigenvalue weighted by Crippen LogP contribution is 2.19. The molecule has 0 atom stereocenters. The van der Waals surface area contributed by atoms with Crippen molar-refractivity contribution in [2.24, 2.45) is 5.73 Å². The van der Waals surface area contributed by atoms with Gasteiger partial charge in [0.1, 0.15) is 5.58 Å². The van der Waals surface area contributed by atoms with E-state index in [1.807, 2.05) is 24.3 Å². The summed E-state index contributed by atoms with van der Waals surface area (Å²) in [6, 6.07) is 7.55. The van der Waals surface area contributed by atoms with E-state index < -0.39 is 0 Å². The zero-order chi connectivity index (χ0) is 9.26. The lowest BCUT2D eigenvalue weighted by Gasteiger charge is -2.02. The molecule has 0 unspecified atom stereocenters. The van der Waals surface area contributed by atoms with E-state index in [0.717, 1.165) is 16.7 Å². The van der Waals surface area contributed by atoms with Crippen LogP contribution in [0.3, 0.4) is 0 Å². The van der Waals surface area contributed by atoms with Gasteiger partial charge in [-0.3, -0.25) is 0 Å². The van der Waals surface area contributed by atoms with Crippen LogP contribution in [0.4, 0.5) is 5.69 Å². The molecule has 4 heteroatoms. The minimum atomic E-state index is 0.267. The number of anilines is 1. The number of rotatable bonds is 1. The van der Waals surface area contributed by atoms with Crippen molar-refractivity contribution >= 4 is 34.0 Å². The van der Waals surface area contributed by atoms with Crippen molar-refractivity contribution in [2.45, 2.75) is 0 Å². The molecule has 2 aromatic rings. The standard InChI is InChI=1S/C9H8N2OS/c10-9(13)11-7-1-2-8-6(5-7)3-4-12-8/h1-5H,(H3,10,11,13). The molecule has 0 bridgehead atoms. The Balaban J connectivity index is 2.42. The molecule has 1 aromatic heterocycles. The lowest BCUT2D eigenvalue weighted by molar-refractivity contribution is 0.616. The fourth-order valence-corrected chi connectivity index (χ4v) is 1.30. The Kier molecular flexibility index (Phi) is 1.90. The quantitative estimate of drug-likeness (QED) is 0.679. The maximum Gasteiger partial charge on any atom is 0.168 e. The molecule has 1 aromatic carbocycles. The molecule has 2 rings (SSSR count). The maximum atomic E-state index is 5.34. The van der Waals surface area contributed by atoms with Crippen LogP contribution >= 0.6 is 12.2 Å². The molecule has 3 nitrogen and oxygen atoms in total. The van der Waals surface area contributed by atoms with Gasteiger partial charge >= 0.3 is 0 Å². The number of benzene rings is 1. The van der Waals surface area contributed by atoms with Gasteiger partial charge in [-0.15, -0.1) is 0 Å². The first-order valence-electron chi connectivity index (χ1n) is 3.79. The first kappa shape index (κ1) is 8.07. The van der Waals surface area contributed by atoms with Crippen LogP contribution in [0, 0.1) is 0 Å². The molecule has 0 aliphatic rings. The lowest BCUT2D eigenvalue weighted by atomic mass is 10.2. The molecular weight excluding hydrogens is 184 g/mol. The number of hydrogen-bond donors (Lipinski definition) is 2. The first-order valence-corrected chi connectivity index (χ1v) is 4.20. The van der Waals surface area contributed by atoms with Gasteiger partial charge in [0.15, 0.2) is 5.11 Å². The number of furan rings is 1. The van der Waals surface area contributed by atoms with Crippen LogP contribution in [0.25, 0.3) is 11.0 Å². The monoisotopic (exact) mass is 192 g/mol. The van der Waals surface area contributed by atoms with Gasteiger partial charge in [0.25, 0.3) is 0 Å². The number of thiocarbonyl (C=S) groups is 1. The Morgan fingerprint density at radius 2 is 2.23 bits per heavy atom. The van der Waals surface area contributed by atoms with Crippen molar-refractivity contribution in [1.82, 2.24) is 0 Å². The Hall–Kier alpha value is -1.55.